The molecule has 1 unspecified atom stereocenters. The standard InChI is InChI=1S/C16H16ClF3N4O3/c17-13-14(23-24-15(13)27-8-16(18,19)20)11(25)5-9-1-2-10(22-6-9)12-7-21-3-4-26-12/h1-2,6,12,21H,3-5,7-8H2,(H,23,24). The van der Waals surface area contributed by atoms with Gasteiger partial charge < -0.3 is 14.8 Å². The van der Waals surface area contributed by atoms with Crippen LogP contribution in [0.1, 0.15) is 27.8 Å². The number of ketones is 1. The van der Waals surface area contributed by atoms with Crippen LogP contribution in [0.25, 0.3) is 0 Å². The number of aromatic amines is 1. The molecule has 1 saturated heterocycles. The van der Waals surface area contributed by atoms with Gasteiger partial charge in [-0.15, -0.1) is 5.10 Å². The maximum absolute atomic E-state index is 12.3. The molecule has 2 aromatic heterocycles. The lowest BCUT2D eigenvalue weighted by Crippen LogP contribution is -2.33. The first-order valence-electron chi connectivity index (χ1n) is 8.07. The highest BCUT2D eigenvalue weighted by Gasteiger charge is 2.30. The van der Waals surface area contributed by atoms with Gasteiger partial charge in [0.15, 0.2) is 12.4 Å². The van der Waals surface area contributed by atoms with E-state index in [-0.39, 0.29) is 23.2 Å². The summed E-state index contributed by atoms with van der Waals surface area (Å²) in [4.78, 5) is 16.6. The Morgan fingerprint density at radius 1 is 1.41 bits per heavy atom. The van der Waals surface area contributed by atoms with Gasteiger partial charge in [0.05, 0.1) is 12.3 Å². The van der Waals surface area contributed by atoms with E-state index in [4.69, 9.17) is 16.3 Å². The molecule has 11 heteroatoms. The van der Waals surface area contributed by atoms with Gasteiger partial charge >= 0.3 is 6.18 Å². The number of alkyl halides is 3. The molecule has 3 rings (SSSR count). The highest BCUT2D eigenvalue weighted by molar-refractivity contribution is 6.35. The molecule has 7 nitrogen and oxygen atoms in total. The number of H-pyrrole nitrogens is 1. The van der Waals surface area contributed by atoms with Crippen molar-refractivity contribution in [1.82, 2.24) is 20.5 Å². The molecule has 146 valence electrons. The van der Waals surface area contributed by atoms with Crippen molar-refractivity contribution < 1.29 is 27.4 Å². The Morgan fingerprint density at radius 2 is 2.22 bits per heavy atom. The largest absolute Gasteiger partial charge is 0.466 e. The van der Waals surface area contributed by atoms with Crippen LogP contribution in [0, 0.1) is 0 Å². The summed E-state index contributed by atoms with van der Waals surface area (Å²) in [5, 5.41) is 8.76. The summed E-state index contributed by atoms with van der Waals surface area (Å²) in [5.74, 6) is -0.910. The molecule has 27 heavy (non-hydrogen) atoms. The SMILES string of the molecule is O=C(Cc1ccc(C2CNCCO2)nc1)c1[nH]nc(OCC(F)(F)F)c1Cl. The Labute approximate surface area is 157 Å². The van der Waals surface area contributed by atoms with Gasteiger partial charge in [0, 0.05) is 25.7 Å². The van der Waals surface area contributed by atoms with Gasteiger partial charge in [-0.2, -0.15) is 13.2 Å². The lowest BCUT2D eigenvalue weighted by molar-refractivity contribution is -0.154. The first-order chi connectivity index (χ1) is 12.8. The summed E-state index contributed by atoms with van der Waals surface area (Å²) in [6.07, 6.45) is -3.16. The van der Waals surface area contributed by atoms with E-state index in [2.05, 4.69) is 25.2 Å². The number of carbonyl (C=O) groups excluding carboxylic acids is 1. The molecule has 1 fully saturated rings. The number of halogens is 4. The highest BCUT2D eigenvalue weighted by Crippen LogP contribution is 2.28. The van der Waals surface area contributed by atoms with E-state index >= 15 is 0 Å². The van der Waals surface area contributed by atoms with Crippen LogP contribution in [0.5, 0.6) is 5.88 Å². The van der Waals surface area contributed by atoms with Gasteiger partial charge in [0.1, 0.15) is 16.8 Å². The van der Waals surface area contributed by atoms with Crippen molar-refractivity contribution in [3.8, 4) is 5.88 Å². The second-order valence-electron chi connectivity index (χ2n) is 5.88. The van der Waals surface area contributed by atoms with Crippen molar-refractivity contribution in [3.05, 3.63) is 40.3 Å². The van der Waals surface area contributed by atoms with Gasteiger partial charge in [-0.25, -0.2) is 0 Å². The fourth-order valence-electron chi connectivity index (χ4n) is 2.50. The van der Waals surface area contributed by atoms with E-state index in [0.29, 0.717) is 18.7 Å². The van der Waals surface area contributed by atoms with E-state index in [1.807, 2.05) is 0 Å². The van der Waals surface area contributed by atoms with Crippen LogP contribution >= 0.6 is 11.6 Å². The molecule has 0 aliphatic carbocycles. The zero-order valence-electron chi connectivity index (χ0n) is 14.0. The topological polar surface area (TPSA) is 89.1 Å². The van der Waals surface area contributed by atoms with Crippen LogP contribution in [0.15, 0.2) is 18.3 Å². The summed E-state index contributed by atoms with van der Waals surface area (Å²) in [6.45, 7) is 0.511. The normalized spacial score (nSPS) is 17.7. The van der Waals surface area contributed by atoms with Crippen LogP contribution in [-0.2, 0) is 11.2 Å². The monoisotopic (exact) mass is 404 g/mol. The first-order valence-corrected chi connectivity index (χ1v) is 8.45. The zero-order chi connectivity index (χ0) is 19.4. The van der Waals surface area contributed by atoms with Crippen LogP contribution in [0.3, 0.4) is 0 Å². The second kappa shape index (κ2) is 8.24. The highest BCUT2D eigenvalue weighted by atomic mass is 35.5. The third-order valence-corrected chi connectivity index (χ3v) is 4.15. The molecule has 0 bridgehead atoms. The van der Waals surface area contributed by atoms with Crippen LogP contribution in [0.4, 0.5) is 13.2 Å². The van der Waals surface area contributed by atoms with E-state index in [1.165, 1.54) is 0 Å². The maximum Gasteiger partial charge on any atom is 0.422 e. The second-order valence-corrected chi connectivity index (χ2v) is 6.25. The summed E-state index contributed by atoms with van der Waals surface area (Å²) < 4.78 is 46.7. The van der Waals surface area contributed by atoms with Crippen LogP contribution in [-0.4, -0.2) is 53.4 Å². The maximum atomic E-state index is 12.3. The number of nitrogens with zero attached hydrogens (tertiary/aromatic N) is 2. The third-order valence-electron chi connectivity index (χ3n) is 3.80. The molecule has 3 heterocycles. The quantitative estimate of drug-likeness (QED) is 0.719. The van der Waals surface area contributed by atoms with Gasteiger partial charge in [0.25, 0.3) is 5.88 Å². The number of hydrogen-bond acceptors (Lipinski definition) is 6. The Hall–Kier alpha value is -2.17. The number of ether oxygens (including phenoxy) is 2. The molecule has 0 radical (unpaired) electrons. The van der Waals surface area contributed by atoms with Crippen molar-refractivity contribution in [2.45, 2.75) is 18.7 Å². The molecular formula is C16H16ClF3N4O3. The zero-order valence-corrected chi connectivity index (χ0v) is 14.7. The Bertz CT molecular complexity index is 789. The molecule has 0 aromatic carbocycles. The van der Waals surface area contributed by atoms with Gasteiger partial charge in [-0.05, 0) is 11.6 Å². The summed E-state index contributed by atoms with van der Waals surface area (Å²) in [5.41, 5.74) is 1.26. The smallest absolute Gasteiger partial charge is 0.422 e. The molecule has 1 aliphatic rings. The van der Waals surface area contributed by atoms with Crippen molar-refractivity contribution in [2.75, 3.05) is 26.3 Å². The number of carbonyl (C=O) groups is 1. The van der Waals surface area contributed by atoms with E-state index in [9.17, 15) is 18.0 Å². The van der Waals surface area contributed by atoms with Gasteiger partial charge in [0.2, 0.25) is 0 Å². The number of pyridine rings is 1. The minimum Gasteiger partial charge on any atom is -0.466 e. The Morgan fingerprint density at radius 3 is 2.85 bits per heavy atom. The Balaban J connectivity index is 1.62. The number of rotatable bonds is 6. The lowest BCUT2D eigenvalue weighted by Gasteiger charge is -2.23. The van der Waals surface area contributed by atoms with Crippen molar-refractivity contribution in [2.24, 2.45) is 0 Å². The molecule has 0 spiro atoms. The Kier molecular flexibility index (Phi) is 5.98. The molecular weight excluding hydrogens is 389 g/mol. The number of hydrogen-bond donors (Lipinski definition) is 2. The summed E-state index contributed by atoms with van der Waals surface area (Å²) in [7, 11) is 0. The van der Waals surface area contributed by atoms with Gasteiger partial charge in [-0.1, -0.05) is 17.7 Å². The average molecular weight is 405 g/mol. The predicted molar refractivity (Wildman–Crippen MR) is 89.0 cm³/mol. The summed E-state index contributed by atoms with van der Waals surface area (Å²) in [6, 6.07) is 3.51. The lowest BCUT2D eigenvalue weighted by atomic mass is 10.1. The van der Waals surface area contributed by atoms with Crippen LogP contribution in [0.2, 0.25) is 5.02 Å². The fraction of sp³-hybridized carbons (Fsp3) is 0.438. The van der Waals surface area contributed by atoms with Crippen molar-refractivity contribution in [1.29, 1.82) is 0 Å². The fourth-order valence-corrected chi connectivity index (χ4v) is 2.75. The number of morpholine rings is 1. The average Bonchev–Trinajstić information content (AvgIpc) is 3.01. The van der Waals surface area contributed by atoms with Crippen LogP contribution < -0.4 is 10.1 Å². The molecule has 2 N–H and O–H groups in total. The molecule has 2 aromatic rings. The summed E-state index contributed by atoms with van der Waals surface area (Å²) >= 11 is 5.90. The molecule has 1 atom stereocenters. The minimum absolute atomic E-state index is 0.0440. The number of Topliss-reactive ketones (excluding diaryl/α,β-unsaturated/α-hetero) is 1. The van der Waals surface area contributed by atoms with Crippen molar-refractivity contribution in [3.63, 3.8) is 0 Å². The minimum atomic E-state index is -4.53. The van der Waals surface area contributed by atoms with Gasteiger partial charge in [-0.3, -0.25) is 14.9 Å². The first kappa shape index (κ1) is 19.6. The molecule has 0 saturated carbocycles. The third kappa shape index (κ3) is 5.18. The van der Waals surface area contributed by atoms with Crippen molar-refractivity contribution >= 4 is 17.4 Å². The van der Waals surface area contributed by atoms with E-state index < -0.39 is 24.4 Å². The molecule has 0 amide bonds. The molecule has 1 aliphatic heterocycles. The number of nitrogens with one attached hydrogen (secondary N) is 2. The predicted octanol–water partition coefficient (Wildman–Crippen LogP) is 2.49. The van der Waals surface area contributed by atoms with E-state index in [0.717, 1.165) is 12.2 Å². The number of aromatic nitrogens is 3. The van der Waals surface area contributed by atoms with E-state index in [1.54, 1.807) is 18.3 Å².